The molecule has 0 aromatic heterocycles. The van der Waals surface area contributed by atoms with E-state index in [1.807, 2.05) is 0 Å². The van der Waals surface area contributed by atoms with Gasteiger partial charge in [-0.15, -0.1) is 13.1 Å². The first kappa shape index (κ1) is 10.6. The van der Waals surface area contributed by atoms with Crippen molar-refractivity contribution >= 4 is 0 Å². The van der Waals surface area contributed by atoms with Crippen molar-refractivity contribution in [2.24, 2.45) is 10.8 Å². The molecule has 0 unspecified atom stereocenters. The van der Waals surface area contributed by atoms with Crippen molar-refractivity contribution in [2.45, 2.75) is 13.8 Å². The van der Waals surface area contributed by atoms with Gasteiger partial charge < -0.3 is 10.2 Å². The monoisotopic (exact) mass is 204 g/mol. The molecule has 0 aromatic rings. The second-order valence-electron chi connectivity index (χ2n) is 4.83. The zero-order chi connectivity index (χ0) is 8.11. The average Bonchev–Trinajstić information content (AvgIpc) is 2.16. The molecule has 2 heterocycles. The van der Waals surface area contributed by atoms with Crippen LogP contribution < -0.4 is 0 Å². The van der Waals surface area contributed by atoms with E-state index < -0.39 is 0 Å². The minimum absolute atomic E-state index is 0. The molecule has 2 atom stereocenters. The molecule has 2 aliphatic heterocycles. The van der Waals surface area contributed by atoms with Crippen molar-refractivity contribution in [2.75, 3.05) is 33.2 Å². The van der Waals surface area contributed by atoms with Crippen LogP contribution in [0.1, 0.15) is 13.8 Å². The topological polar surface area (TPSA) is 17.3 Å². The molecule has 0 N–H and O–H groups in total. The van der Waals surface area contributed by atoms with Gasteiger partial charge in [-0.2, -0.15) is 0 Å². The van der Waals surface area contributed by atoms with E-state index in [0.717, 1.165) is 13.1 Å². The van der Waals surface area contributed by atoms with E-state index in [2.05, 4.69) is 31.1 Å². The molecule has 2 fully saturated rings. The maximum Gasteiger partial charge on any atom is 0.00210 e. The maximum absolute atomic E-state index is 4.52. The van der Waals surface area contributed by atoms with Gasteiger partial charge in [0.1, 0.15) is 0 Å². The Labute approximate surface area is 87.0 Å². The smallest absolute Gasteiger partial charge is 0.00210 e. The molecule has 1 radical (unpaired) electrons. The molecule has 3 heteroatoms. The summed E-state index contributed by atoms with van der Waals surface area (Å²) in [5, 5.41) is 4.52. The van der Waals surface area contributed by atoms with Crippen molar-refractivity contribution in [3.05, 3.63) is 5.32 Å². The SMILES string of the molecule is CN1C[C@]2(C)C[N-]C[C@]2(C)C1.[V]. The summed E-state index contributed by atoms with van der Waals surface area (Å²) in [7, 11) is 2.22. The van der Waals surface area contributed by atoms with Crippen LogP contribution in [0.25, 0.3) is 5.32 Å². The number of nitrogens with zero attached hydrogens (tertiary/aromatic N) is 2. The van der Waals surface area contributed by atoms with Gasteiger partial charge in [-0.05, 0) is 17.9 Å². The van der Waals surface area contributed by atoms with E-state index in [1.165, 1.54) is 13.1 Å². The largest absolute Gasteiger partial charge is 0.661 e. The molecule has 0 spiro atoms. The second kappa shape index (κ2) is 3.02. The van der Waals surface area contributed by atoms with E-state index in [0.29, 0.717) is 10.8 Å². The molecule has 0 saturated carbocycles. The Morgan fingerprint density at radius 3 is 1.92 bits per heavy atom. The van der Waals surface area contributed by atoms with Crippen molar-refractivity contribution in [3.8, 4) is 0 Å². The fourth-order valence-corrected chi connectivity index (χ4v) is 2.66. The molecule has 2 aliphatic rings. The third-order valence-corrected chi connectivity index (χ3v) is 3.62. The zero-order valence-electron chi connectivity index (χ0n) is 8.17. The summed E-state index contributed by atoms with van der Waals surface area (Å²) in [6.45, 7) is 9.38. The minimum atomic E-state index is 0. The van der Waals surface area contributed by atoms with E-state index in [1.54, 1.807) is 0 Å². The zero-order valence-corrected chi connectivity index (χ0v) is 9.57. The van der Waals surface area contributed by atoms with Crippen LogP contribution in [-0.4, -0.2) is 38.1 Å². The summed E-state index contributed by atoms with van der Waals surface area (Å²) in [4.78, 5) is 2.44. The Kier molecular flexibility index (Phi) is 2.66. The summed E-state index contributed by atoms with van der Waals surface area (Å²) in [5.74, 6) is 0. The minimum Gasteiger partial charge on any atom is -0.661 e. The van der Waals surface area contributed by atoms with Gasteiger partial charge in [0, 0.05) is 31.6 Å². The van der Waals surface area contributed by atoms with Crippen molar-refractivity contribution < 1.29 is 18.6 Å². The van der Waals surface area contributed by atoms with Gasteiger partial charge in [0.25, 0.3) is 0 Å². The Morgan fingerprint density at radius 1 is 1.08 bits per heavy atom. The summed E-state index contributed by atoms with van der Waals surface area (Å²) in [6.07, 6.45) is 0. The van der Waals surface area contributed by atoms with Gasteiger partial charge in [-0.25, -0.2) is 0 Å². The quantitative estimate of drug-likeness (QED) is 0.582. The van der Waals surface area contributed by atoms with Crippen LogP contribution in [0.3, 0.4) is 0 Å². The number of hydrogen-bond acceptors (Lipinski definition) is 1. The van der Waals surface area contributed by atoms with Gasteiger partial charge in [0.05, 0.1) is 0 Å². The maximum atomic E-state index is 4.52. The van der Waals surface area contributed by atoms with E-state index in [4.69, 9.17) is 0 Å². The van der Waals surface area contributed by atoms with Crippen LogP contribution in [0, 0.1) is 10.8 Å². The molecule has 12 heavy (non-hydrogen) atoms. The summed E-state index contributed by atoms with van der Waals surface area (Å²) < 4.78 is 0. The Balaban J connectivity index is 0.000000720. The molecular weight excluding hydrogens is 187 g/mol. The first-order valence-corrected chi connectivity index (χ1v) is 4.38. The number of rotatable bonds is 0. The average molecular weight is 204 g/mol. The van der Waals surface area contributed by atoms with E-state index >= 15 is 0 Å². The van der Waals surface area contributed by atoms with Gasteiger partial charge in [0.2, 0.25) is 0 Å². The van der Waals surface area contributed by atoms with E-state index in [-0.39, 0.29) is 18.6 Å². The first-order valence-electron chi connectivity index (χ1n) is 4.38. The third-order valence-electron chi connectivity index (χ3n) is 3.62. The van der Waals surface area contributed by atoms with Crippen LogP contribution in [0.5, 0.6) is 0 Å². The fourth-order valence-electron chi connectivity index (χ4n) is 2.66. The predicted octanol–water partition coefficient (Wildman–Crippen LogP) is 1.33. The van der Waals surface area contributed by atoms with Crippen molar-refractivity contribution in [1.29, 1.82) is 0 Å². The number of likely N-dealkylation sites (tertiary alicyclic amines) is 1. The normalized spacial score (nSPS) is 47.2. The number of hydrogen-bond donors (Lipinski definition) is 0. The molecule has 0 bridgehead atoms. The fraction of sp³-hybridized carbons (Fsp3) is 1.00. The van der Waals surface area contributed by atoms with Crippen LogP contribution in [0.2, 0.25) is 0 Å². The van der Waals surface area contributed by atoms with Gasteiger partial charge in [0.15, 0.2) is 0 Å². The Morgan fingerprint density at radius 2 is 1.50 bits per heavy atom. The first-order chi connectivity index (χ1) is 5.06. The molecule has 2 nitrogen and oxygen atoms in total. The summed E-state index contributed by atoms with van der Waals surface area (Å²) in [5.41, 5.74) is 0.948. The van der Waals surface area contributed by atoms with Crippen molar-refractivity contribution in [3.63, 3.8) is 0 Å². The van der Waals surface area contributed by atoms with E-state index in [9.17, 15) is 0 Å². The molecule has 2 saturated heterocycles. The second-order valence-corrected chi connectivity index (χ2v) is 4.83. The molecular formula is C9H17N2V-. The molecule has 0 aliphatic carbocycles. The van der Waals surface area contributed by atoms with Crippen LogP contribution in [-0.2, 0) is 18.6 Å². The van der Waals surface area contributed by atoms with Gasteiger partial charge >= 0.3 is 0 Å². The summed E-state index contributed by atoms with van der Waals surface area (Å²) in [6, 6.07) is 0. The predicted molar refractivity (Wildman–Crippen MR) is 46.8 cm³/mol. The molecule has 0 amide bonds. The van der Waals surface area contributed by atoms with Crippen LogP contribution >= 0.6 is 0 Å². The summed E-state index contributed by atoms with van der Waals surface area (Å²) >= 11 is 0. The van der Waals surface area contributed by atoms with Crippen LogP contribution in [0.4, 0.5) is 0 Å². The third kappa shape index (κ3) is 1.25. The molecule has 0 aromatic carbocycles. The molecule has 69 valence electrons. The van der Waals surface area contributed by atoms with Gasteiger partial charge in [-0.1, -0.05) is 13.8 Å². The Bertz CT molecular complexity index is 167. The number of fused-ring (bicyclic) bond motifs is 1. The van der Waals surface area contributed by atoms with Crippen molar-refractivity contribution in [1.82, 2.24) is 4.90 Å². The Hall–Kier alpha value is 0.504. The standard InChI is InChI=1S/C9H17N2.V/c1-8-4-10-5-9(8,2)7-11(3)6-8;/h4-7H2,1-3H3;/q-1;/t8-,9+;. The molecule has 2 rings (SSSR count). The van der Waals surface area contributed by atoms with Crippen LogP contribution in [0.15, 0.2) is 0 Å². The van der Waals surface area contributed by atoms with Gasteiger partial charge in [-0.3, -0.25) is 0 Å².